The third-order valence-corrected chi connectivity index (χ3v) is 3.91. The number of sulfonamides is 2. The fraction of sp³-hybridized carbons (Fsp3) is 1.00. The van der Waals surface area contributed by atoms with Gasteiger partial charge in [0.1, 0.15) is 16.7 Å². The average Bonchev–Trinajstić information content (AvgIpc) is 2.27. The number of hydrogen-bond donors (Lipinski definition) is 0. The zero-order valence-corrected chi connectivity index (χ0v) is 13.4. The summed E-state index contributed by atoms with van der Waals surface area (Å²) in [7, 11) is -12.1. The van der Waals surface area contributed by atoms with Gasteiger partial charge in [0.2, 0.25) is 5.50 Å². The minimum Gasteiger partial charge on any atom is -0.426 e. The Hall–Kier alpha value is -0.0326. The zero-order valence-electron chi connectivity index (χ0n) is 11.7. The number of hydrogen-bond acceptors (Lipinski definition) is 4. The van der Waals surface area contributed by atoms with Crippen LogP contribution in [0.1, 0.15) is 28.7 Å². The number of nitrogens with zero attached hydrogens (tertiary/aromatic N) is 1. The smallest absolute Gasteiger partial charge is 0.426 e. The van der Waals surface area contributed by atoms with Gasteiger partial charge in [-0.2, -0.15) is 13.2 Å². The third-order valence-electron chi connectivity index (χ3n) is 0.939. The molecule has 1 atom stereocenters. The molecular formula is C9H21F7LiNO4S2. The van der Waals surface area contributed by atoms with Crippen LogP contribution in [0.5, 0.6) is 0 Å². The molecule has 0 rings (SSSR count). The summed E-state index contributed by atoms with van der Waals surface area (Å²) in [6.07, 6.45) is 0. The van der Waals surface area contributed by atoms with Crippen molar-refractivity contribution in [1.82, 2.24) is 0 Å². The van der Waals surface area contributed by atoms with E-state index in [1.807, 2.05) is 0 Å². The molecule has 0 aliphatic heterocycles. The normalized spacial score (nSPS) is 11.7. The van der Waals surface area contributed by atoms with E-state index in [1.54, 1.807) is 0 Å². The Morgan fingerprint density at radius 3 is 1.33 bits per heavy atom. The molecule has 0 aromatic carbocycles. The summed E-state index contributed by atoms with van der Waals surface area (Å²) in [5.41, 5.74) is -9.41. The van der Waals surface area contributed by atoms with Crippen LogP contribution in [0.25, 0.3) is 4.13 Å². The van der Waals surface area contributed by atoms with Gasteiger partial charge in [0.25, 0.3) is 0 Å². The second kappa shape index (κ2) is 17.8. The molecule has 0 fully saturated rings. The molecule has 0 heterocycles. The van der Waals surface area contributed by atoms with Crippen molar-refractivity contribution in [3.63, 3.8) is 0 Å². The van der Waals surface area contributed by atoms with Crippen LogP contribution in [0.4, 0.5) is 30.7 Å². The van der Waals surface area contributed by atoms with Crippen molar-refractivity contribution in [2.24, 2.45) is 0 Å². The van der Waals surface area contributed by atoms with Crippen LogP contribution < -0.4 is 18.9 Å². The van der Waals surface area contributed by atoms with Gasteiger partial charge >= 0.3 is 24.4 Å². The van der Waals surface area contributed by atoms with Crippen LogP contribution in [0, 0.1) is 0 Å². The van der Waals surface area contributed by atoms with E-state index in [1.165, 1.54) is 18.0 Å². The average molecular weight is 411 g/mol. The SMILES string of the molecule is C.C.CCF.CCF.O=S(=O)([N-]S(=O)(=O)C(F)(F)F)C(F)CF.[Li+]. The van der Waals surface area contributed by atoms with Crippen molar-refractivity contribution < 1.29 is 66.4 Å². The van der Waals surface area contributed by atoms with E-state index in [0.29, 0.717) is 0 Å². The van der Waals surface area contributed by atoms with E-state index in [2.05, 4.69) is 0 Å². The molecule has 0 amide bonds. The maximum atomic E-state index is 12.1. The standard InChI is InChI=1S/C3H3F5NO4S2.2C2H5F.2CH4.Li/c4-1-2(5)14(10,11)9-15(12,13)3(6,7)8;2*1-2-3;;;/h2H,1H2;2*2H2,1H3;2*1H4;/q-1;;;;;+1. The van der Waals surface area contributed by atoms with Gasteiger partial charge in [-0.25, -0.2) is 25.6 Å². The Kier molecular flexibility index (Phi) is 29.0. The first-order valence-corrected chi connectivity index (χ1v) is 7.82. The van der Waals surface area contributed by atoms with Crippen LogP contribution in [0.15, 0.2) is 0 Å². The van der Waals surface area contributed by atoms with E-state index in [0.717, 1.165) is 0 Å². The summed E-state index contributed by atoms with van der Waals surface area (Å²) in [5, 5.41) is 0. The molecule has 15 heteroatoms. The molecular weight excluding hydrogens is 390 g/mol. The second-order valence-corrected chi connectivity index (χ2v) is 6.16. The minimum absolute atomic E-state index is 0. The van der Waals surface area contributed by atoms with E-state index in [4.69, 9.17) is 0 Å². The van der Waals surface area contributed by atoms with Crippen LogP contribution in [0.3, 0.4) is 0 Å². The second-order valence-electron chi connectivity index (χ2n) is 2.61. The van der Waals surface area contributed by atoms with Gasteiger partial charge in [-0.15, -0.1) is 0 Å². The van der Waals surface area contributed by atoms with E-state index >= 15 is 0 Å². The predicted molar refractivity (Wildman–Crippen MR) is 74.9 cm³/mol. The maximum absolute atomic E-state index is 12.1. The molecule has 0 aliphatic rings. The molecule has 0 aromatic rings. The largest absolute Gasteiger partial charge is 1.00 e. The van der Waals surface area contributed by atoms with Crippen LogP contribution in [-0.4, -0.2) is 47.9 Å². The summed E-state index contributed by atoms with van der Waals surface area (Å²) < 4.78 is 121. The van der Waals surface area contributed by atoms with Crippen molar-refractivity contribution in [3.8, 4) is 0 Å². The van der Waals surface area contributed by atoms with Crippen LogP contribution >= 0.6 is 0 Å². The zero-order chi connectivity index (χ0) is 17.9. The molecule has 0 spiro atoms. The van der Waals surface area contributed by atoms with Gasteiger partial charge in [0.05, 0.1) is 13.3 Å². The van der Waals surface area contributed by atoms with Crippen molar-refractivity contribution >= 4 is 20.0 Å². The monoisotopic (exact) mass is 411 g/mol. The van der Waals surface area contributed by atoms with E-state index < -0.39 is 37.7 Å². The molecule has 148 valence electrons. The van der Waals surface area contributed by atoms with E-state index in [-0.39, 0.29) is 47.1 Å². The molecule has 0 aliphatic carbocycles. The van der Waals surface area contributed by atoms with Crippen molar-refractivity contribution in [3.05, 3.63) is 4.13 Å². The molecule has 5 nitrogen and oxygen atoms in total. The Labute approximate surface area is 150 Å². The van der Waals surface area contributed by atoms with Gasteiger partial charge in [-0.05, 0) is 13.8 Å². The quantitative estimate of drug-likeness (QED) is 0.511. The van der Waals surface area contributed by atoms with E-state index in [9.17, 15) is 47.6 Å². The molecule has 0 saturated carbocycles. The number of halogens is 7. The van der Waals surface area contributed by atoms with Gasteiger partial charge in [0.15, 0.2) is 10.0 Å². The Bertz CT molecular complexity index is 455. The first-order chi connectivity index (χ1) is 9.27. The Balaban J connectivity index is -0.0000000786. The molecule has 0 bridgehead atoms. The topological polar surface area (TPSA) is 82.4 Å². The molecule has 24 heavy (non-hydrogen) atoms. The predicted octanol–water partition coefficient (Wildman–Crippen LogP) is 1.03. The first-order valence-electron chi connectivity index (χ1n) is 4.88. The molecule has 0 aromatic heterocycles. The molecule has 1 unspecified atom stereocenters. The third kappa shape index (κ3) is 18.3. The summed E-state index contributed by atoms with van der Waals surface area (Å²) in [6.45, 7) is 0.221. The summed E-state index contributed by atoms with van der Waals surface area (Å²) in [5.74, 6) is 0. The van der Waals surface area contributed by atoms with Crippen molar-refractivity contribution in [1.29, 1.82) is 0 Å². The van der Waals surface area contributed by atoms with Crippen LogP contribution in [-0.2, 0) is 20.0 Å². The van der Waals surface area contributed by atoms with Gasteiger partial charge in [-0.1, -0.05) is 14.9 Å². The van der Waals surface area contributed by atoms with Gasteiger partial charge < -0.3 is 4.13 Å². The van der Waals surface area contributed by atoms with Gasteiger partial charge in [0, 0.05) is 0 Å². The molecule has 0 radical (unpaired) electrons. The van der Waals surface area contributed by atoms with Crippen molar-refractivity contribution in [2.45, 2.75) is 39.7 Å². The minimum atomic E-state index is -6.38. The molecule has 0 saturated heterocycles. The Morgan fingerprint density at radius 1 is 0.917 bits per heavy atom. The van der Waals surface area contributed by atoms with Gasteiger partial charge in [-0.3, -0.25) is 8.78 Å². The summed E-state index contributed by atoms with van der Waals surface area (Å²) >= 11 is 0. The summed E-state index contributed by atoms with van der Waals surface area (Å²) in [6, 6.07) is 0. The number of rotatable bonds is 4. The summed E-state index contributed by atoms with van der Waals surface area (Å²) in [4.78, 5) is 0. The Morgan fingerprint density at radius 2 is 1.17 bits per heavy atom. The number of alkyl halides is 7. The fourth-order valence-electron chi connectivity index (χ4n) is 0.305. The van der Waals surface area contributed by atoms with Crippen LogP contribution in [0.2, 0.25) is 0 Å². The first kappa shape index (κ1) is 39.2. The van der Waals surface area contributed by atoms with Crippen molar-refractivity contribution in [2.75, 3.05) is 20.0 Å². The molecule has 0 N–H and O–H groups in total. The maximum Gasteiger partial charge on any atom is 1.00 e. The fourth-order valence-corrected chi connectivity index (χ4v) is 2.27.